The zero-order chi connectivity index (χ0) is 9.84. The molecule has 0 fully saturated rings. The maximum atomic E-state index is 5.16. The van der Waals surface area contributed by atoms with Crippen LogP contribution in [0.5, 0.6) is 5.75 Å². The first kappa shape index (κ1) is 9.90. The van der Waals surface area contributed by atoms with Crippen molar-refractivity contribution in [3.8, 4) is 5.75 Å². The van der Waals surface area contributed by atoms with Gasteiger partial charge in [0.1, 0.15) is 5.75 Å². The minimum atomic E-state index is 0.803. The predicted molar refractivity (Wildman–Crippen MR) is 56.4 cm³/mol. The summed E-state index contributed by atoms with van der Waals surface area (Å²) in [5.74, 6) is 0.890. The number of hydrogen-bond donors (Lipinski definition) is 0. The maximum Gasteiger partial charge on any atom is 0.120 e. The van der Waals surface area contributed by atoms with E-state index in [1.165, 1.54) is 11.3 Å². The molecule has 0 aromatic heterocycles. The van der Waals surface area contributed by atoms with Gasteiger partial charge in [0.15, 0.2) is 0 Å². The molecule has 1 aromatic rings. The lowest BCUT2D eigenvalue weighted by Gasteiger charge is -2.17. The van der Waals surface area contributed by atoms with E-state index in [0.29, 0.717) is 0 Å². The number of methoxy groups -OCH3 is 1. The fraction of sp³-hybridized carbons (Fsp3) is 0.364. The summed E-state index contributed by atoms with van der Waals surface area (Å²) < 4.78 is 5.16. The SMILES string of the molecule is [CH2]Cc1ccc(OC)cc1N(C)C. The van der Waals surface area contributed by atoms with Crippen LogP contribution >= 0.6 is 0 Å². The Morgan fingerprint density at radius 1 is 1.38 bits per heavy atom. The fourth-order valence-electron chi connectivity index (χ4n) is 1.30. The Morgan fingerprint density at radius 3 is 2.54 bits per heavy atom. The van der Waals surface area contributed by atoms with Crippen LogP contribution < -0.4 is 9.64 Å². The van der Waals surface area contributed by atoms with Gasteiger partial charge in [-0.05, 0) is 25.0 Å². The van der Waals surface area contributed by atoms with E-state index in [2.05, 4.69) is 17.9 Å². The number of rotatable bonds is 3. The summed E-state index contributed by atoms with van der Waals surface area (Å²) in [6, 6.07) is 6.05. The molecule has 0 aliphatic rings. The summed E-state index contributed by atoms with van der Waals surface area (Å²) >= 11 is 0. The van der Waals surface area contributed by atoms with E-state index in [1.54, 1.807) is 7.11 Å². The van der Waals surface area contributed by atoms with Gasteiger partial charge in [0.2, 0.25) is 0 Å². The number of anilines is 1. The van der Waals surface area contributed by atoms with E-state index in [9.17, 15) is 0 Å². The highest BCUT2D eigenvalue weighted by molar-refractivity contribution is 5.56. The summed E-state index contributed by atoms with van der Waals surface area (Å²) in [4.78, 5) is 2.07. The smallest absolute Gasteiger partial charge is 0.120 e. The van der Waals surface area contributed by atoms with Crippen molar-refractivity contribution < 1.29 is 4.74 Å². The molecule has 71 valence electrons. The molecule has 2 heteroatoms. The molecule has 0 unspecified atom stereocenters. The molecular weight excluding hydrogens is 162 g/mol. The molecule has 1 aromatic carbocycles. The van der Waals surface area contributed by atoms with Gasteiger partial charge in [0.25, 0.3) is 0 Å². The summed E-state index contributed by atoms with van der Waals surface area (Å²) in [6.07, 6.45) is 0.803. The summed E-state index contributed by atoms with van der Waals surface area (Å²) in [5.41, 5.74) is 2.42. The lowest BCUT2D eigenvalue weighted by molar-refractivity contribution is 0.414. The highest BCUT2D eigenvalue weighted by Gasteiger charge is 2.03. The Balaban J connectivity index is 3.10. The first-order chi connectivity index (χ1) is 6.19. The van der Waals surface area contributed by atoms with Crippen LogP contribution in [0.25, 0.3) is 0 Å². The van der Waals surface area contributed by atoms with Gasteiger partial charge in [-0.15, -0.1) is 0 Å². The second kappa shape index (κ2) is 4.17. The highest BCUT2D eigenvalue weighted by Crippen LogP contribution is 2.24. The average Bonchev–Trinajstić information content (AvgIpc) is 2.16. The number of benzene rings is 1. The number of hydrogen-bond acceptors (Lipinski definition) is 2. The van der Waals surface area contributed by atoms with Gasteiger partial charge in [-0.2, -0.15) is 0 Å². The third-order valence-electron chi connectivity index (χ3n) is 2.04. The Kier molecular flexibility index (Phi) is 3.18. The van der Waals surface area contributed by atoms with Crippen molar-refractivity contribution in [1.82, 2.24) is 0 Å². The van der Waals surface area contributed by atoms with Gasteiger partial charge in [-0.3, -0.25) is 0 Å². The van der Waals surface area contributed by atoms with E-state index in [4.69, 9.17) is 4.74 Å². The van der Waals surface area contributed by atoms with Crippen LogP contribution in [0.1, 0.15) is 5.56 Å². The van der Waals surface area contributed by atoms with E-state index >= 15 is 0 Å². The minimum Gasteiger partial charge on any atom is -0.497 e. The Bertz CT molecular complexity index is 281. The predicted octanol–water partition coefficient (Wildman–Crippen LogP) is 2.14. The summed E-state index contributed by atoms with van der Waals surface area (Å²) in [5, 5.41) is 0. The zero-order valence-electron chi connectivity index (χ0n) is 8.50. The first-order valence-corrected chi connectivity index (χ1v) is 4.32. The van der Waals surface area contributed by atoms with Crippen LogP contribution in [-0.2, 0) is 6.42 Å². The average molecular weight is 178 g/mol. The third kappa shape index (κ3) is 2.14. The van der Waals surface area contributed by atoms with Crippen molar-refractivity contribution >= 4 is 5.69 Å². The van der Waals surface area contributed by atoms with Gasteiger partial charge in [-0.25, -0.2) is 0 Å². The number of nitrogens with zero attached hydrogens (tertiary/aromatic N) is 1. The molecule has 0 N–H and O–H groups in total. The quantitative estimate of drug-likeness (QED) is 0.703. The monoisotopic (exact) mass is 178 g/mol. The molecule has 0 bridgehead atoms. The van der Waals surface area contributed by atoms with E-state index in [-0.39, 0.29) is 0 Å². The second-order valence-electron chi connectivity index (χ2n) is 3.14. The third-order valence-corrected chi connectivity index (χ3v) is 2.04. The number of ether oxygens (including phenoxy) is 1. The van der Waals surface area contributed by atoms with Crippen LogP contribution in [0, 0.1) is 6.92 Å². The van der Waals surface area contributed by atoms with Crippen molar-refractivity contribution in [2.45, 2.75) is 6.42 Å². The molecule has 0 saturated heterocycles. The molecule has 0 atom stereocenters. The molecule has 1 radical (unpaired) electrons. The van der Waals surface area contributed by atoms with Gasteiger partial charge in [0, 0.05) is 25.8 Å². The van der Waals surface area contributed by atoms with Gasteiger partial charge in [-0.1, -0.05) is 6.07 Å². The van der Waals surface area contributed by atoms with Crippen LogP contribution in [0.15, 0.2) is 18.2 Å². The molecule has 0 spiro atoms. The Morgan fingerprint density at radius 2 is 2.08 bits per heavy atom. The topological polar surface area (TPSA) is 12.5 Å². The zero-order valence-corrected chi connectivity index (χ0v) is 8.50. The molecular formula is C11H16NO. The molecule has 0 heterocycles. The van der Waals surface area contributed by atoms with Gasteiger partial charge in [0.05, 0.1) is 7.11 Å². The van der Waals surface area contributed by atoms with E-state index in [0.717, 1.165) is 12.2 Å². The van der Waals surface area contributed by atoms with Crippen molar-refractivity contribution in [3.63, 3.8) is 0 Å². The molecule has 0 aliphatic heterocycles. The largest absolute Gasteiger partial charge is 0.497 e. The standard InChI is InChI=1S/C11H16NO/c1-5-9-6-7-10(13-4)8-11(9)12(2)3/h6-8H,1,5H2,2-4H3. The van der Waals surface area contributed by atoms with Crippen molar-refractivity contribution in [2.24, 2.45) is 0 Å². The minimum absolute atomic E-state index is 0.803. The Labute approximate surface area is 80.1 Å². The van der Waals surface area contributed by atoms with Crippen LogP contribution in [-0.4, -0.2) is 21.2 Å². The van der Waals surface area contributed by atoms with E-state index < -0.39 is 0 Å². The molecule has 0 saturated carbocycles. The maximum absolute atomic E-state index is 5.16. The summed E-state index contributed by atoms with van der Waals surface area (Å²) in [6.45, 7) is 3.89. The molecule has 13 heavy (non-hydrogen) atoms. The normalized spacial score (nSPS) is 9.85. The van der Waals surface area contributed by atoms with Crippen LogP contribution in [0.4, 0.5) is 5.69 Å². The van der Waals surface area contributed by atoms with Gasteiger partial charge >= 0.3 is 0 Å². The van der Waals surface area contributed by atoms with Gasteiger partial charge < -0.3 is 9.64 Å². The van der Waals surface area contributed by atoms with E-state index in [1.807, 2.05) is 26.2 Å². The Hall–Kier alpha value is -1.18. The highest BCUT2D eigenvalue weighted by atomic mass is 16.5. The molecule has 2 nitrogen and oxygen atoms in total. The lowest BCUT2D eigenvalue weighted by Crippen LogP contribution is -2.11. The summed E-state index contributed by atoms with van der Waals surface area (Å²) in [7, 11) is 5.72. The lowest BCUT2D eigenvalue weighted by atomic mass is 10.1. The van der Waals surface area contributed by atoms with Crippen molar-refractivity contribution in [1.29, 1.82) is 0 Å². The molecule has 0 aliphatic carbocycles. The molecule has 1 rings (SSSR count). The van der Waals surface area contributed by atoms with Crippen LogP contribution in [0.3, 0.4) is 0 Å². The fourth-order valence-corrected chi connectivity index (χ4v) is 1.30. The second-order valence-corrected chi connectivity index (χ2v) is 3.14. The van der Waals surface area contributed by atoms with Crippen molar-refractivity contribution in [2.75, 3.05) is 26.1 Å². The van der Waals surface area contributed by atoms with Crippen LogP contribution in [0.2, 0.25) is 0 Å². The first-order valence-electron chi connectivity index (χ1n) is 4.32. The molecule has 0 amide bonds. The van der Waals surface area contributed by atoms with Crippen molar-refractivity contribution in [3.05, 3.63) is 30.7 Å².